The van der Waals surface area contributed by atoms with Crippen molar-refractivity contribution in [3.63, 3.8) is 0 Å². The van der Waals surface area contributed by atoms with Gasteiger partial charge >= 0.3 is 0 Å². The average Bonchev–Trinajstić information content (AvgIpc) is 3.17. The first-order valence-electron chi connectivity index (χ1n) is 9.21. The third-order valence-corrected chi connectivity index (χ3v) is 6.86. The van der Waals surface area contributed by atoms with Crippen molar-refractivity contribution in [1.29, 1.82) is 0 Å². The lowest BCUT2D eigenvalue weighted by Crippen LogP contribution is -2.49. The molecular formula is C18H26N2O5S2. The van der Waals surface area contributed by atoms with Gasteiger partial charge in [-0.25, -0.2) is 8.42 Å². The molecule has 7 nitrogen and oxygen atoms in total. The zero-order chi connectivity index (χ0) is 19.3. The number of thioether (sulfide) groups is 1. The highest BCUT2D eigenvalue weighted by Gasteiger charge is 2.28. The van der Waals surface area contributed by atoms with Crippen LogP contribution in [0.25, 0.3) is 0 Å². The molecule has 0 spiro atoms. The topological polar surface area (TPSA) is 93.7 Å². The van der Waals surface area contributed by atoms with Crippen molar-refractivity contribution >= 4 is 27.7 Å². The number of benzene rings is 1. The van der Waals surface area contributed by atoms with E-state index in [0.717, 1.165) is 25.7 Å². The molecule has 27 heavy (non-hydrogen) atoms. The Bertz CT molecular complexity index is 763. The van der Waals surface area contributed by atoms with E-state index in [0.29, 0.717) is 36.9 Å². The molecular weight excluding hydrogens is 388 g/mol. The maximum Gasteiger partial charge on any atom is 0.241 e. The number of sulfonamides is 1. The fourth-order valence-corrected chi connectivity index (χ4v) is 5.01. The second-order valence-electron chi connectivity index (χ2n) is 6.75. The molecule has 1 aliphatic carbocycles. The zero-order valence-electron chi connectivity index (χ0n) is 15.4. The molecule has 0 unspecified atom stereocenters. The van der Waals surface area contributed by atoms with E-state index in [1.54, 1.807) is 17.8 Å². The zero-order valence-corrected chi connectivity index (χ0v) is 17.0. The quantitative estimate of drug-likeness (QED) is 0.675. The minimum absolute atomic E-state index is 0.0644. The van der Waals surface area contributed by atoms with Crippen LogP contribution in [0.4, 0.5) is 0 Å². The van der Waals surface area contributed by atoms with E-state index in [1.807, 2.05) is 6.26 Å². The predicted octanol–water partition coefficient (Wildman–Crippen LogP) is 1.92. The third kappa shape index (κ3) is 5.30. The van der Waals surface area contributed by atoms with Gasteiger partial charge in [-0.15, -0.1) is 0 Å². The van der Waals surface area contributed by atoms with Crippen LogP contribution in [0.3, 0.4) is 0 Å². The Hall–Kier alpha value is -1.45. The molecule has 1 fully saturated rings. The van der Waals surface area contributed by atoms with Gasteiger partial charge in [-0.1, -0.05) is 12.8 Å². The van der Waals surface area contributed by atoms with E-state index >= 15 is 0 Å². The number of carbonyl (C=O) groups is 1. The van der Waals surface area contributed by atoms with Gasteiger partial charge < -0.3 is 14.8 Å². The van der Waals surface area contributed by atoms with Crippen LogP contribution < -0.4 is 19.5 Å². The Morgan fingerprint density at radius 3 is 2.63 bits per heavy atom. The van der Waals surface area contributed by atoms with Gasteiger partial charge in [0.1, 0.15) is 19.3 Å². The van der Waals surface area contributed by atoms with Crippen molar-refractivity contribution in [2.45, 2.75) is 49.1 Å². The lowest BCUT2D eigenvalue weighted by Gasteiger charge is -2.22. The number of amides is 1. The third-order valence-electron chi connectivity index (χ3n) is 4.75. The van der Waals surface area contributed by atoms with Gasteiger partial charge in [0, 0.05) is 12.1 Å². The van der Waals surface area contributed by atoms with E-state index in [2.05, 4.69) is 10.0 Å². The van der Waals surface area contributed by atoms with E-state index in [4.69, 9.17) is 9.47 Å². The number of carbonyl (C=O) groups excluding carboxylic acids is 1. The predicted molar refractivity (Wildman–Crippen MR) is 105 cm³/mol. The van der Waals surface area contributed by atoms with Crippen molar-refractivity contribution in [2.24, 2.45) is 0 Å². The van der Waals surface area contributed by atoms with E-state index < -0.39 is 16.1 Å². The largest absolute Gasteiger partial charge is 0.486 e. The Balaban J connectivity index is 1.73. The van der Waals surface area contributed by atoms with Crippen LogP contribution in [-0.4, -0.2) is 51.6 Å². The number of hydrogen-bond acceptors (Lipinski definition) is 6. The standard InChI is InChI=1S/C18H26N2O5S2/c1-26-11-8-15(18(21)19-13-4-2-3-5-13)20-27(22,23)14-6-7-16-17(12-14)25-10-9-24-16/h6-7,12-13,15,20H,2-5,8-11H2,1H3,(H,19,21)/t15-/m0/s1. The number of rotatable bonds is 8. The Kier molecular flexibility index (Phi) is 6.88. The van der Waals surface area contributed by atoms with Crippen LogP contribution >= 0.6 is 11.8 Å². The Morgan fingerprint density at radius 1 is 1.22 bits per heavy atom. The molecule has 0 bridgehead atoms. The number of hydrogen-bond donors (Lipinski definition) is 2. The molecule has 1 aromatic carbocycles. The first kappa shape index (κ1) is 20.3. The molecule has 1 aliphatic heterocycles. The van der Waals surface area contributed by atoms with Gasteiger partial charge in [-0.2, -0.15) is 16.5 Å². The summed E-state index contributed by atoms with van der Waals surface area (Å²) in [6.45, 7) is 0.819. The van der Waals surface area contributed by atoms with Gasteiger partial charge in [0.15, 0.2) is 11.5 Å². The number of nitrogens with one attached hydrogen (secondary N) is 2. The van der Waals surface area contributed by atoms with Gasteiger partial charge in [0.2, 0.25) is 15.9 Å². The molecule has 150 valence electrons. The summed E-state index contributed by atoms with van der Waals surface area (Å²) in [4.78, 5) is 12.7. The van der Waals surface area contributed by atoms with Crippen molar-refractivity contribution in [1.82, 2.24) is 10.0 Å². The van der Waals surface area contributed by atoms with Crippen LogP contribution in [0.2, 0.25) is 0 Å². The van der Waals surface area contributed by atoms with Crippen LogP contribution in [0.1, 0.15) is 32.1 Å². The SMILES string of the molecule is CSCC[C@H](NS(=O)(=O)c1ccc2c(c1)OCCO2)C(=O)NC1CCCC1. The molecule has 0 aromatic heterocycles. The summed E-state index contributed by atoms with van der Waals surface area (Å²) in [6.07, 6.45) is 6.48. The highest BCUT2D eigenvalue weighted by Crippen LogP contribution is 2.32. The fourth-order valence-electron chi connectivity index (χ4n) is 3.30. The molecule has 1 aromatic rings. The monoisotopic (exact) mass is 414 g/mol. The Morgan fingerprint density at radius 2 is 1.93 bits per heavy atom. The average molecular weight is 415 g/mol. The van der Waals surface area contributed by atoms with Gasteiger partial charge in [0.05, 0.1) is 4.90 Å². The molecule has 1 saturated carbocycles. The molecule has 1 amide bonds. The van der Waals surface area contributed by atoms with Crippen molar-refractivity contribution < 1.29 is 22.7 Å². The number of fused-ring (bicyclic) bond motifs is 1. The lowest BCUT2D eigenvalue weighted by atomic mass is 10.2. The lowest BCUT2D eigenvalue weighted by molar-refractivity contribution is -0.123. The smallest absolute Gasteiger partial charge is 0.241 e. The van der Waals surface area contributed by atoms with Crippen LogP contribution in [-0.2, 0) is 14.8 Å². The van der Waals surface area contributed by atoms with E-state index in [-0.39, 0.29) is 16.8 Å². The van der Waals surface area contributed by atoms with Crippen LogP contribution in [0.5, 0.6) is 11.5 Å². The minimum Gasteiger partial charge on any atom is -0.486 e. The highest BCUT2D eigenvalue weighted by atomic mass is 32.2. The number of ether oxygens (including phenoxy) is 2. The fraction of sp³-hybridized carbons (Fsp3) is 0.611. The molecule has 0 saturated heterocycles. The maximum absolute atomic E-state index is 12.8. The van der Waals surface area contributed by atoms with Crippen molar-refractivity contribution in [3.8, 4) is 11.5 Å². The summed E-state index contributed by atoms with van der Waals surface area (Å²) in [5.74, 6) is 1.36. The molecule has 9 heteroatoms. The Labute approximate surface area is 164 Å². The summed E-state index contributed by atoms with van der Waals surface area (Å²) in [7, 11) is -3.86. The van der Waals surface area contributed by atoms with E-state index in [1.165, 1.54) is 12.1 Å². The van der Waals surface area contributed by atoms with Crippen molar-refractivity contribution in [2.75, 3.05) is 25.2 Å². The van der Waals surface area contributed by atoms with Crippen molar-refractivity contribution in [3.05, 3.63) is 18.2 Å². The van der Waals surface area contributed by atoms with Crippen LogP contribution in [0.15, 0.2) is 23.1 Å². The molecule has 1 heterocycles. The normalized spacial score (nSPS) is 18.3. The molecule has 0 radical (unpaired) electrons. The van der Waals surface area contributed by atoms with Gasteiger partial charge in [0.25, 0.3) is 0 Å². The summed E-state index contributed by atoms with van der Waals surface area (Å²) in [6, 6.07) is 3.84. The first-order valence-corrected chi connectivity index (χ1v) is 12.1. The maximum atomic E-state index is 12.8. The molecule has 1 atom stereocenters. The summed E-state index contributed by atoms with van der Waals surface area (Å²) < 4.78 is 39.1. The summed E-state index contributed by atoms with van der Waals surface area (Å²) in [5.41, 5.74) is 0. The summed E-state index contributed by atoms with van der Waals surface area (Å²) >= 11 is 1.58. The minimum atomic E-state index is -3.86. The van der Waals surface area contributed by atoms with Gasteiger partial charge in [-0.3, -0.25) is 4.79 Å². The second-order valence-corrected chi connectivity index (χ2v) is 9.45. The second kappa shape index (κ2) is 9.16. The summed E-state index contributed by atoms with van der Waals surface area (Å²) in [5, 5.41) is 2.99. The molecule has 2 aliphatic rings. The first-order chi connectivity index (χ1) is 13.0. The highest BCUT2D eigenvalue weighted by molar-refractivity contribution is 7.98. The van der Waals surface area contributed by atoms with Gasteiger partial charge in [-0.05, 0) is 43.4 Å². The van der Waals surface area contributed by atoms with Crippen LogP contribution in [0, 0.1) is 0 Å². The van der Waals surface area contributed by atoms with E-state index in [9.17, 15) is 13.2 Å². The molecule has 3 rings (SSSR count). The molecule has 2 N–H and O–H groups in total.